The van der Waals surface area contributed by atoms with Gasteiger partial charge in [-0.25, -0.2) is 0 Å². The molecule has 1 aliphatic rings. The van der Waals surface area contributed by atoms with Crippen molar-refractivity contribution < 1.29 is 39.5 Å². The normalized spacial score (nSPS) is 24.5. The minimum Gasteiger partial charge on any atom is -0.387 e. The molecule has 174 valence electrons. The third-order valence-electron chi connectivity index (χ3n) is 5.88. The lowest BCUT2D eigenvalue weighted by atomic mass is 9.78. The minimum atomic E-state index is -3.08. The lowest BCUT2D eigenvalue weighted by Gasteiger charge is -2.33. The quantitative estimate of drug-likeness (QED) is 0.303. The molecule has 1 fully saturated rings. The number of ether oxygens (including phenoxy) is 1. The lowest BCUT2D eigenvalue weighted by molar-refractivity contribution is -0.204. The SMILES string of the molecule is O=C(c1ccccc1)C(O)(C(=O)c1ccccc1)[C@H]1O[C@](O)(C(=O)c2ccccc2)[C@H](O)[C@@H]1O. The molecule has 3 aromatic rings. The fourth-order valence-corrected chi connectivity index (χ4v) is 4.03. The van der Waals surface area contributed by atoms with Crippen molar-refractivity contribution in [2.45, 2.75) is 29.7 Å². The smallest absolute Gasteiger partial charge is 0.261 e. The number of benzene rings is 3. The molecule has 34 heavy (non-hydrogen) atoms. The van der Waals surface area contributed by atoms with Crippen molar-refractivity contribution in [2.75, 3.05) is 0 Å². The Bertz CT molecular complexity index is 1140. The minimum absolute atomic E-state index is 0.0517. The van der Waals surface area contributed by atoms with Crippen LogP contribution < -0.4 is 0 Å². The number of Topliss-reactive ketones (excluding diaryl/α,β-unsaturated/α-hetero) is 3. The maximum absolute atomic E-state index is 13.5. The van der Waals surface area contributed by atoms with Gasteiger partial charge in [-0.1, -0.05) is 91.0 Å². The van der Waals surface area contributed by atoms with Crippen molar-refractivity contribution in [2.24, 2.45) is 0 Å². The van der Waals surface area contributed by atoms with E-state index in [1.54, 1.807) is 18.2 Å². The van der Waals surface area contributed by atoms with Crippen LogP contribution in [-0.4, -0.2) is 67.5 Å². The van der Waals surface area contributed by atoms with E-state index in [0.29, 0.717) is 0 Å². The Balaban J connectivity index is 1.81. The largest absolute Gasteiger partial charge is 0.387 e. The Morgan fingerprint density at radius 3 is 1.50 bits per heavy atom. The molecule has 0 saturated carbocycles. The molecule has 0 aromatic heterocycles. The number of rotatable bonds is 7. The molecule has 8 nitrogen and oxygen atoms in total. The van der Waals surface area contributed by atoms with Crippen molar-refractivity contribution in [3.05, 3.63) is 108 Å². The summed E-state index contributed by atoms with van der Waals surface area (Å²) >= 11 is 0. The van der Waals surface area contributed by atoms with Gasteiger partial charge in [-0.15, -0.1) is 0 Å². The Hall–Kier alpha value is -3.53. The maximum Gasteiger partial charge on any atom is 0.261 e. The highest BCUT2D eigenvalue weighted by Gasteiger charge is 2.67. The van der Waals surface area contributed by atoms with Crippen LogP contribution in [-0.2, 0) is 4.74 Å². The Kier molecular flexibility index (Phi) is 6.26. The van der Waals surface area contributed by atoms with Crippen LogP contribution in [0.4, 0.5) is 0 Å². The summed E-state index contributed by atoms with van der Waals surface area (Å²) in [4.78, 5) is 39.9. The first-order chi connectivity index (χ1) is 16.2. The van der Waals surface area contributed by atoms with Crippen LogP contribution in [0.25, 0.3) is 0 Å². The lowest BCUT2D eigenvalue weighted by Crippen LogP contribution is -2.60. The number of aliphatic hydroxyl groups excluding tert-OH is 2. The van der Waals surface area contributed by atoms with E-state index in [1.165, 1.54) is 72.8 Å². The molecule has 1 heterocycles. The van der Waals surface area contributed by atoms with Gasteiger partial charge in [0.2, 0.25) is 23.0 Å². The van der Waals surface area contributed by atoms with Crippen LogP contribution in [0, 0.1) is 0 Å². The molecule has 0 bridgehead atoms. The van der Waals surface area contributed by atoms with Gasteiger partial charge < -0.3 is 25.2 Å². The highest BCUT2D eigenvalue weighted by molar-refractivity contribution is 6.23. The van der Waals surface area contributed by atoms with Gasteiger partial charge in [-0.05, 0) is 0 Å². The average molecular weight is 462 g/mol. The van der Waals surface area contributed by atoms with E-state index < -0.39 is 47.0 Å². The zero-order chi connectivity index (χ0) is 24.5. The zero-order valence-corrected chi connectivity index (χ0v) is 17.8. The van der Waals surface area contributed by atoms with Crippen molar-refractivity contribution >= 4 is 17.3 Å². The van der Waals surface area contributed by atoms with Crippen molar-refractivity contribution in [1.29, 1.82) is 0 Å². The van der Waals surface area contributed by atoms with Gasteiger partial charge >= 0.3 is 0 Å². The first kappa shape index (κ1) is 23.6. The second-order valence-electron chi connectivity index (χ2n) is 8.02. The summed E-state index contributed by atoms with van der Waals surface area (Å²) in [5.74, 6) is -6.39. The van der Waals surface area contributed by atoms with E-state index in [1.807, 2.05) is 0 Å². The van der Waals surface area contributed by atoms with E-state index in [4.69, 9.17) is 4.74 Å². The van der Waals surface area contributed by atoms with Gasteiger partial charge in [0.25, 0.3) is 5.79 Å². The number of carbonyl (C=O) groups excluding carboxylic acids is 3. The number of hydrogen-bond donors (Lipinski definition) is 4. The van der Waals surface area contributed by atoms with E-state index in [-0.39, 0.29) is 16.7 Å². The molecule has 0 spiro atoms. The molecule has 3 aromatic carbocycles. The second kappa shape index (κ2) is 9.02. The summed E-state index contributed by atoms with van der Waals surface area (Å²) in [7, 11) is 0. The molecule has 0 aliphatic carbocycles. The Morgan fingerprint density at radius 2 is 1.09 bits per heavy atom. The topological polar surface area (TPSA) is 141 Å². The molecule has 1 saturated heterocycles. The van der Waals surface area contributed by atoms with Gasteiger partial charge in [0, 0.05) is 16.7 Å². The fourth-order valence-electron chi connectivity index (χ4n) is 4.03. The van der Waals surface area contributed by atoms with Crippen molar-refractivity contribution in [3.63, 3.8) is 0 Å². The molecule has 8 heteroatoms. The van der Waals surface area contributed by atoms with Crippen molar-refractivity contribution in [3.8, 4) is 0 Å². The first-order valence-corrected chi connectivity index (χ1v) is 10.5. The predicted octanol–water partition coefficient (Wildman–Crippen LogP) is 1.18. The monoisotopic (exact) mass is 462 g/mol. The van der Waals surface area contributed by atoms with E-state index >= 15 is 0 Å². The number of carbonyl (C=O) groups is 3. The summed E-state index contributed by atoms with van der Waals surface area (Å²) in [5.41, 5.74) is -3.29. The Labute approximate surface area is 194 Å². The molecule has 4 rings (SSSR count). The summed E-state index contributed by atoms with van der Waals surface area (Å²) in [6.45, 7) is 0. The summed E-state index contributed by atoms with van der Waals surface area (Å²) in [6.07, 6.45) is -6.59. The van der Waals surface area contributed by atoms with Crippen LogP contribution in [0.3, 0.4) is 0 Å². The molecule has 4 atom stereocenters. The summed E-state index contributed by atoms with van der Waals surface area (Å²) in [5, 5.41) is 44.0. The summed E-state index contributed by atoms with van der Waals surface area (Å²) < 4.78 is 5.35. The van der Waals surface area contributed by atoms with Crippen LogP contribution in [0.5, 0.6) is 0 Å². The van der Waals surface area contributed by atoms with E-state index in [0.717, 1.165) is 0 Å². The highest BCUT2D eigenvalue weighted by atomic mass is 16.7. The number of aliphatic hydroxyl groups is 4. The highest BCUT2D eigenvalue weighted by Crippen LogP contribution is 2.39. The molecular weight excluding hydrogens is 440 g/mol. The third-order valence-corrected chi connectivity index (χ3v) is 5.88. The number of ketones is 3. The van der Waals surface area contributed by atoms with Gasteiger partial charge in [0.15, 0.2) is 0 Å². The molecule has 4 N–H and O–H groups in total. The average Bonchev–Trinajstić information content (AvgIpc) is 3.13. The van der Waals surface area contributed by atoms with Gasteiger partial charge in [0.1, 0.15) is 18.3 Å². The van der Waals surface area contributed by atoms with Crippen LogP contribution in [0.1, 0.15) is 31.1 Å². The molecule has 0 radical (unpaired) electrons. The molecule has 0 unspecified atom stereocenters. The standard InChI is InChI=1S/C26H22O8/c27-19-23(31)26(33,22(30)18-14-8-3-9-15-18)34-24(19)25(32,20(28)16-10-4-1-5-11-16)21(29)17-12-6-2-7-13-17/h1-15,19,23-24,27,31-33H/t19-,23+,24-,26+/m0/s1. The van der Waals surface area contributed by atoms with E-state index in [2.05, 4.69) is 0 Å². The van der Waals surface area contributed by atoms with Gasteiger partial charge in [-0.2, -0.15) is 0 Å². The first-order valence-electron chi connectivity index (χ1n) is 10.5. The second-order valence-corrected chi connectivity index (χ2v) is 8.02. The van der Waals surface area contributed by atoms with Gasteiger partial charge in [0.05, 0.1) is 0 Å². The number of hydrogen-bond acceptors (Lipinski definition) is 8. The maximum atomic E-state index is 13.5. The van der Waals surface area contributed by atoms with Crippen LogP contribution in [0.15, 0.2) is 91.0 Å². The Morgan fingerprint density at radius 1 is 0.706 bits per heavy atom. The molecule has 0 amide bonds. The van der Waals surface area contributed by atoms with Gasteiger partial charge in [-0.3, -0.25) is 14.4 Å². The van der Waals surface area contributed by atoms with Crippen LogP contribution in [0.2, 0.25) is 0 Å². The molecular formula is C26H22O8. The van der Waals surface area contributed by atoms with Crippen molar-refractivity contribution in [1.82, 2.24) is 0 Å². The fraction of sp³-hybridized carbons (Fsp3) is 0.192. The van der Waals surface area contributed by atoms with E-state index in [9.17, 15) is 34.8 Å². The van der Waals surface area contributed by atoms with Crippen LogP contribution >= 0.6 is 0 Å². The predicted molar refractivity (Wildman–Crippen MR) is 119 cm³/mol. The third kappa shape index (κ3) is 3.77. The summed E-state index contributed by atoms with van der Waals surface area (Å²) in [6, 6.07) is 22.1. The zero-order valence-electron chi connectivity index (χ0n) is 17.8. The molecule has 1 aliphatic heterocycles.